The molecule has 2 unspecified atom stereocenters. The van der Waals surface area contributed by atoms with Crippen molar-refractivity contribution in [2.24, 2.45) is 0 Å². The molecule has 1 saturated heterocycles. The summed E-state index contributed by atoms with van der Waals surface area (Å²) in [6.07, 6.45) is 0.757. The fourth-order valence-corrected chi connectivity index (χ4v) is 2.76. The van der Waals surface area contributed by atoms with Crippen molar-refractivity contribution in [3.63, 3.8) is 0 Å². The predicted molar refractivity (Wildman–Crippen MR) is 80.1 cm³/mol. The van der Waals surface area contributed by atoms with Crippen LogP contribution in [0.2, 0.25) is 0 Å². The molecule has 1 aromatic carbocycles. The van der Waals surface area contributed by atoms with Crippen molar-refractivity contribution in [2.45, 2.75) is 37.5 Å². The van der Waals surface area contributed by atoms with Gasteiger partial charge in [-0.25, -0.2) is 4.39 Å². The van der Waals surface area contributed by atoms with Crippen molar-refractivity contribution in [1.82, 2.24) is 10.6 Å². The van der Waals surface area contributed by atoms with E-state index in [-0.39, 0.29) is 48.2 Å². The number of morpholine rings is 1. The largest absolute Gasteiger partial charge is 0.375 e. The van der Waals surface area contributed by atoms with Gasteiger partial charge in [0.05, 0.1) is 12.7 Å². The second-order valence-corrected chi connectivity index (χ2v) is 5.52. The average molecular weight is 315 g/mol. The second kappa shape index (κ2) is 6.73. The van der Waals surface area contributed by atoms with E-state index in [4.69, 9.17) is 4.74 Å². The summed E-state index contributed by atoms with van der Waals surface area (Å²) in [5.41, 5.74) is 0.955. The number of carbonyl (C=O) groups is 1. The first-order valence-electron chi connectivity index (χ1n) is 7.06. The zero-order chi connectivity index (χ0) is 14.1. The molecule has 21 heavy (non-hydrogen) atoms. The normalized spacial score (nSPS) is 31.1. The Balaban J connectivity index is 0.00000161. The van der Waals surface area contributed by atoms with Crippen LogP contribution in [0, 0.1) is 5.82 Å². The second-order valence-electron chi connectivity index (χ2n) is 5.52. The van der Waals surface area contributed by atoms with Crippen LogP contribution in [0.5, 0.6) is 0 Å². The molecule has 1 aliphatic carbocycles. The highest BCUT2D eigenvalue weighted by atomic mass is 35.5. The van der Waals surface area contributed by atoms with Gasteiger partial charge in [0.1, 0.15) is 11.9 Å². The highest BCUT2D eigenvalue weighted by Gasteiger charge is 2.41. The Hall–Kier alpha value is -1.17. The summed E-state index contributed by atoms with van der Waals surface area (Å²) in [7, 11) is 0. The van der Waals surface area contributed by atoms with E-state index in [1.807, 2.05) is 13.0 Å². The van der Waals surface area contributed by atoms with Crippen molar-refractivity contribution >= 4 is 18.3 Å². The molecule has 0 radical (unpaired) electrons. The minimum absolute atomic E-state index is 0. The van der Waals surface area contributed by atoms with Gasteiger partial charge in [-0.1, -0.05) is 12.1 Å². The number of halogens is 2. The van der Waals surface area contributed by atoms with Crippen LogP contribution in [0.25, 0.3) is 0 Å². The number of benzene rings is 1. The van der Waals surface area contributed by atoms with Gasteiger partial charge in [-0.05, 0) is 31.0 Å². The standard InChI is InChI=1S/C15H19FN2O2.ClH/c1-9-14(17-5-6-20-9)15(19)18-13-8-12(13)10-3-2-4-11(16)7-10;/h2-4,7,9,12-14,17H,5-6,8H2,1H3,(H,18,19);1H/t9-,12?,13?,14+;/m1./s1. The SMILES string of the molecule is C[C@H]1OCCN[C@@H]1C(=O)NC1CC1c1cccc(F)c1.Cl. The van der Waals surface area contributed by atoms with Gasteiger partial charge in [-0.3, -0.25) is 4.79 Å². The van der Waals surface area contributed by atoms with E-state index in [2.05, 4.69) is 10.6 Å². The Morgan fingerprint density at radius 3 is 3.00 bits per heavy atom. The van der Waals surface area contributed by atoms with Crippen molar-refractivity contribution in [2.75, 3.05) is 13.2 Å². The maximum atomic E-state index is 13.2. The van der Waals surface area contributed by atoms with Crippen molar-refractivity contribution in [3.05, 3.63) is 35.6 Å². The highest BCUT2D eigenvalue weighted by molar-refractivity contribution is 5.85. The van der Waals surface area contributed by atoms with Gasteiger partial charge in [0.25, 0.3) is 0 Å². The Kier molecular flexibility index (Phi) is 5.19. The van der Waals surface area contributed by atoms with Gasteiger partial charge in [0.15, 0.2) is 0 Å². The molecule has 1 saturated carbocycles. The summed E-state index contributed by atoms with van der Waals surface area (Å²) in [6, 6.07) is 6.41. The molecule has 6 heteroatoms. The summed E-state index contributed by atoms with van der Waals surface area (Å²) in [6.45, 7) is 3.23. The number of amides is 1. The van der Waals surface area contributed by atoms with Crippen LogP contribution in [0.15, 0.2) is 24.3 Å². The lowest BCUT2D eigenvalue weighted by atomic mass is 10.1. The molecule has 4 nitrogen and oxygen atoms in total. The molecule has 4 atom stereocenters. The summed E-state index contributed by atoms with van der Waals surface area (Å²) in [5, 5.41) is 6.19. The minimum Gasteiger partial charge on any atom is -0.375 e. The molecular formula is C15H20ClFN2O2. The first-order chi connectivity index (χ1) is 9.65. The van der Waals surface area contributed by atoms with E-state index in [1.54, 1.807) is 12.1 Å². The van der Waals surface area contributed by atoms with Gasteiger partial charge in [0.2, 0.25) is 5.91 Å². The molecule has 116 valence electrons. The zero-order valence-corrected chi connectivity index (χ0v) is 12.7. The lowest BCUT2D eigenvalue weighted by Crippen LogP contribution is -2.55. The number of hydrogen-bond acceptors (Lipinski definition) is 3. The molecule has 3 rings (SSSR count). The quantitative estimate of drug-likeness (QED) is 0.891. The third-order valence-electron chi connectivity index (χ3n) is 3.99. The lowest BCUT2D eigenvalue weighted by molar-refractivity contribution is -0.129. The van der Waals surface area contributed by atoms with Crippen LogP contribution in [0.1, 0.15) is 24.8 Å². The third-order valence-corrected chi connectivity index (χ3v) is 3.99. The maximum Gasteiger partial charge on any atom is 0.240 e. The fourth-order valence-electron chi connectivity index (χ4n) is 2.76. The van der Waals surface area contributed by atoms with Crippen LogP contribution in [-0.4, -0.2) is 37.2 Å². The molecule has 2 fully saturated rings. The monoisotopic (exact) mass is 314 g/mol. The summed E-state index contributed by atoms with van der Waals surface area (Å²) >= 11 is 0. The number of nitrogens with one attached hydrogen (secondary N) is 2. The molecule has 0 aromatic heterocycles. The molecule has 2 N–H and O–H groups in total. The van der Waals surface area contributed by atoms with E-state index >= 15 is 0 Å². The van der Waals surface area contributed by atoms with E-state index in [1.165, 1.54) is 6.07 Å². The van der Waals surface area contributed by atoms with Gasteiger partial charge >= 0.3 is 0 Å². The molecule has 0 spiro atoms. The number of rotatable bonds is 3. The Morgan fingerprint density at radius 2 is 2.29 bits per heavy atom. The Morgan fingerprint density at radius 1 is 1.48 bits per heavy atom. The highest BCUT2D eigenvalue weighted by Crippen LogP contribution is 2.40. The van der Waals surface area contributed by atoms with Crippen LogP contribution < -0.4 is 10.6 Å². The first kappa shape index (κ1) is 16.2. The molecular weight excluding hydrogens is 295 g/mol. The number of hydrogen-bond donors (Lipinski definition) is 2. The zero-order valence-electron chi connectivity index (χ0n) is 11.8. The minimum atomic E-state index is -0.294. The number of ether oxygens (including phenoxy) is 1. The molecule has 1 aromatic rings. The molecule has 1 aliphatic heterocycles. The third kappa shape index (κ3) is 3.73. The van der Waals surface area contributed by atoms with E-state index < -0.39 is 0 Å². The van der Waals surface area contributed by atoms with Crippen molar-refractivity contribution in [1.29, 1.82) is 0 Å². The van der Waals surface area contributed by atoms with Gasteiger partial charge < -0.3 is 15.4 Å². The van der Waals surface area contributed by atoms with Crippen LogP contribution in [0.4, 0.5) is 4.39 Å². The van der Waals surface area contributed by atoms with Crippen molar-refractivity contribution in [3.8, 4) is 0 Å². The van der Waals surface area contributed by atoms with Crippen molar-refractivity contribution < 1.29 is 13.9 Å². The lowest BCUT2D eigenvalue weighted by Gasteiger charge is -2.29. The summed E-state index contributed by atoms with van der Waals surface area (Å²) in [5.74, 6) is -0.0222. The first-order valence-corrected chi connectivity index (χ1v) is 7.06. The van der Waals surface area contributed by atoms with Crippen LogP contribution >= 0.6 is 12.4 Å². The fraction of sp³-hybridized carbons (Fsp3) is 0.533. The van der Waals surface area contributed by atoms with Gasteiger partial charge in [-0.2, -0.15) is 0 Å². The molecule has 1 amide bonds. The maximum absolute atomic E-state index is 13.2. The van der Waals surface area contributed by atoms with E-state index in [0.29, 0.717) is 13.2 Å². The van der Waals surface area contributed by atoms with E-state index in [9.17, 15) is 9.18 Å². The molecule has 0 bridgehead atoms. The Bertz CT molecular complexity index is 514. The summed E-state index contributed by atoms with van der Waals surface area (Å²) in [4.78, 5) is 12.2. The van der Waals surface area contributed by atoms with Crippen LogP contribution in [0.3, 0.4) is 0 Å². The predicted octanol–water partition coefficient (Wildman–Crippen LogP) is 1.60. The topological polar surface area (TPSA) is 50.4 Å². The van der Waals surface area contributed by atoms with Gasteiger partial charge in [-0.15, -0.1) is 12.4 Å². The number of carbonyl (C=O) groups excluding carboxylic acids is 1. The Labute approximate surface area is 129 Å². The summed E-state index contributed by atoms with van der Waals surface area (Å²) < 4.78 is 18.6. The van der Waals surface area contributed by atoms with Gasteiger partial charge in [0, 0.05) is 18.5 Å². The van der Waals surface area contributed by atoms with E-state index in [0.717, 1.165) is 12.0 Å². The molecule has 2 aliphatic rings. The molecule has 1 heterocycles. The van der Waals surface area contributed by atoms with Crippen LogP contribution in [-0.2, 0) is 9.53 Å². The smallest absolute Gasteiger partial charge is 0.240 e. The average Bonchev–Trinajstić information content (AvgIpc) is 3.18.